The molecule has 27 heavy (non-hydrogen) atoms. The summed E-state index contributed by atoms with van der Waals surface area (Å²) in [5.74, 6) is -1.73. The highest BCUT2D eigenvalue weighted by atomic mass is 32.1. The Hall–Kier alpha value is -3.53. The van der Waals surface area contributed by atoms with Gasteiger partial charge >= 0.3 is 11.7 Å². The number of nitrogens with zero attached hydrogens (tertiary/aromatic N) is 1. The lowest BCUT2D eigenvalue weighted by atomic mass is 10.1. The monoisotopic (exact) mass is 389 g/mol. The maximum Gasteiger partial charge on any atom is 0.335 e. The van der Waals surface area contributed by atoms with Gasteiger partial charge < -0.3 is 15.2 Å². The van der Waals surface area contributed by atoms with Crippen molar-refractivity contribution in [2.45, 2.75) is 6.92 Å². The number of nitrogens with one attached hydrogen (secondary N) is 2. The number of thiocarbonyl (C=S) groups is 1. The third-order valence-corrected chi connectivity index (χ3v) is 3.80. The van der Waals surface area contributed by atoms with E-state index in [0.29, 0.717) is 5.69 Å². The van der Waals surface area contributed by atoms with Gasteiger partial charge in [0, 0.05) is 17.3 Å². The third kappa shape index (κ3) is 4.76. The number of amides is 1. The van der Waals surface area contributed by atoms with Crippen molar-refractivity contribution in [1.82, 2.24) is 5.32 Å². The van der Waals surface area contributed by atoms with E-state index in [0.717, 1.165) is 11.6 Å². The van der Waals surface area contributed by atoms with Gasteiger partial charge in [-0.05, 0) is 49.0 Å². The second kappa shape index (κ2) is 8.23. The van der Waals surface area contributed by atoms with Gasteiger partial charge in [-0.15, -0.1) is 0 Å². The maximum absolute atomic E-state index is 12.3. The number of carboxylic acids is 1. The van der Waals surface area contributed by atoms with Crippen LogP contribution in [0.25, 0.3) is 0 Å². The number of rotatable bonds is 5. The van der Waals surface area contributed by atoms with Crippen molar-refractivity contribution in [2.75, 3.05) is 12.4 Å². The van der Waals surface area contributed by atoms with Gasteiger partial charge in [0.15, 0.2) is 10.9 Å². The van der Waals surface area contributed by atoms with Crippen molar-refractivity contribution in [3.05, 3.63) is 63.2 Å². The van der Waals surface area contributed by atoms with Crippen LogP contribution < -0.4 is 15.4 Å². The first-order valence-electron chi connectivity index (χ1n) is 7.51. The largest absolute Gasteiger partial charge is 0.490 e. The Morgan fingerprint density at radius 3 is 2.44 bits per heavy atom. The molecule has 0 aromatic heterocycles. The van der Waals surface area contributed by atoms with Crippen LogP contribution in [-0.4, -0.2) is 34.1 Å². The van der Waals surface area contributed by atoms with Crippen molar-refractivity contribution in [2.24, 2.45) is 0 Å². The zero-order chi connectivity index (χ0) is 20.1. The van der Waals surface area contributed by atoms with Crippen LogP contribution in [0.1, 0.15) is 26.3 Å². The number of nitro groups is 1. The highest BCUT2D eigenvalue weighted by Crippen LogP contribution is 2.27. The third-order valence-electron chi connectivity index (χ3n) is 3.60. The Labute approximate surface area is 159 Å². The van der Waals surface area contributed by atoms with E-state index in [9.17, 15) is 19.7 Å². The SMILES string of the molecule is COc1ccc(C(=O)NC(=S)Nc2cc(C(=O)O)ccc2C)cc1[N+](=O)[O-]. The van der Waals surface area contributed by atoms with Crippen LogP contribution in [0, 0.1) is 17.0 Å². The molecule has 2 aromatic rings. The number of carbonyl (C=O) groups is 2. The molecular formula is C17H15N3O6S. The summed E-state index contributed by atoms with van der Waals surface area (Å²) in [7, 11) is 1.29. The molecule has 0 aliphatic heterocycles. The molecule has 1 amide bonds. The van der Waals surface area contributed by atoms with E-state index in [1.54, 1.807) is 13.0 Å². The van der Waals surface area contributed by atoms with Crippen LogP contribution in [-0.2, 0) is 0 Å². The smallest absolute Gasteiger partial charge is 0.335 e. The summed E-state index contributed by atoms with van der Waals surface area (Å²) in [6.45, 7) is 1.74. The van der Waals surface area contributed by atoms with Crippen molar-refractivity contribution in [1.29, 1.82) is 0 Å². The lowest BCUT2D eigenvalue weighted by molar-refractivity contribution is -0.385. The number of benzene rings is 2. The number of carboxylic acid groups (broad SMARTS) is 1. The quantitative estimate of drug-likeness (QED) is 0.404. The second-order valence-electron chi connectivity index (χ2n) is 5.39. The van der Waals surface area contributed by atoms with Gasteiger partial charge in [-0.2, -0.15) is 0 Å². The lowest BCUT2D eigenvalue weighted by Gasteiger charge is -2.12. The van der Waals surface area contributed by atoms with Crippen LogP contribution >= 0.6 is 12.2 Å². The van der Waals surface area contributed by atoms with E-state index in [1.807, 2.05) is 0 Å². The molecule has 0 saturated carbocycles. The molecule has 3 N–H and O–H groups in total. The molecule has 0 saturated heterocycles. The van der Waals surface area contributed by atoms with Crippen LogP contribution in [0.4, 0.5) is 11.4 Å². The molecule has 0 spiro atoms. The van der Waals surface area contributed by atoms with Gasteiger partial charge in [0.05, 0.1) is 17.6 Å². The number of methoxy groups -OCH3 is 1. The predicted octanol–water partition coefficient (Wildman–Crippen LogP) is 2.74. The zero-order valence-corrected chi connectivity index (χ0v) is 15.1. The van der Waals surface area contributed by atoms with Crippen molar-refractivity contribution < 1.29 is 24.4 Å². The standard InChI is InChI=1S/C17H15N3O6S/c1-9-3-4-11(16(22)23)7-12(9)18-17(27)19-15(21)10-5-6-14(26-2)13(8-10)20(24)25/h3-8H,1-2H3,(H,22,23)(H2,18,19,21,27). The molecule has 0 aliphatic rings. The summed E-state index contributed by atoms with van der Waals surface area (Å²) >= 11 is 5.06. The molecule has 2 aromatic carbocycles. The molecule has 0 radical (unpaired) electrons. The van der Waals surface area contributed by atoms with Gasteiger partial charge in [0.25, 0.3) is 5.91 Å². The maximum atomic E-state index is 12.3. The first kappa shape index (κ1) is 19.8. The van der Waals surface area contributed by atoms with E-state index in [4.69, 9.17) is 22.1 Å². The highest BCUT2D eigenvalue weighted by Gasteiger charge is 2.19. The number of nitro benzene ring substituents is 1. The summed E-state index contributed by atoms with van der Waals surface area (Å²) in [5.41, 5.74) is 0.859. The topological polar surface area (TPSA) is 131 Å². The summed E-state index contributed by atoms with van der Waals surface area (Å²) in [6.07, 6.45) is 0. The number of anilines is 1. The van der Waals surface area contributed by atoms with Crippen molar-refractivity contribution in [3.8, 4) is 5.75 Å². The molecule has 10 heteroatoms. The van der Waals surface area contributed by atoms with Gasteiger partial charge in [-0.25, -0.2) is 4.79 Å². The number of carbonyl (C=O) groups excluding carboxylic acids is 1. The second-order valence-corrected chi connectivity index (χ2v) is 5.80. The minimum absolute atomic E-state index is 0.0164. The predicted molar refractivity (Wildman–Crippen MR) is 101 cm³/mol. The number of hydrogen-bond donors (Lipinski definition) is 3. The molecule has 0 aliphatic carbocycles. The molecule has 0 atom stereocenters. The highest BCUT2D eigenvalue weighted by molar-refractivity contribution is 7.80. The van der Waals surface area contributed by atoms with E-state index in [1.165, 1.54) is 31.4 Å². The lowest BCUT2D eigenvalue weighted by Crippen LogP contribution is -2.34. The molecule has 0 bridgehead atoms. The first-order chi connectivity index (χ1) is 12.7. The molecule has 0 unspecified atom stereocenters. The minimum atomic E-state index is -1.10. The number of aromatic carboxylic acids is 1. The Kier molecular flexibility index (Phi) is 6.03. The fourth-order valence-electron chi connectivity index (χ4n) is 2.19. The van der Waals surface area contributed by atoms with Crippen LogP contribution in [0.2, 0.25) is 0 Å². The molecule has 2 rings (SSSR count). The summed E-state index contributed by atoms with van der Waals surface area (Å²) in [5, 5.41) is 25.2. The van der Waals surface area contributed by atoms with Crippen LogP contribution in [0.3, 0.4) is 0 Å². The van der Waals surface area contributed by atoms with E-state index >= 15 is 0 Å². The van der Waals surface area contributed by atoms with Gasteiger partial charge in [0.1, 0.15) is 0 Å². The van der Waals surface area contributed by atoms with E-state index in [2.05, 4.69) is 10.6 Å². The first-order valence-corrected chi connectivity index (χ1v) is 7.92. The van der Waals surface area contributed by atoms with Gasteiger partial charge in [0.2, 0.25) is 0 Å². The Morgan fingerprint density at radius 1 is 1.19 bits per heavy atom. The molecule has 140 valence electrons. The Morgan fingerprint density at radius 2 is 1.85 bits per heavy atom. The van der Waals surface area contributed by atoms with Crippen LogP contribution in [0.5, 0.6) is 5.75 Å². The minimum Gasteiger partial charge on any atom is -0.490 e. The Balaban J connectivity index is 2.16. The normalized spacial score (nSPS) is 10.0. The molecular weight excluding hydrogens is 374 g/mol. The Bertz CT molecular complexity index is 944. The molecule has 0 fully saturated rings. The van der Waals surface area contributed by atoms with Gasteiger partial charge in [-0.3, -0.25) is 20.2 Å². The zero-order valence-electron chi connectivity index (χ0n) is 14.3. The van der Waals surface area contributed by atoms with Crippen molar-refractivity contribution >= 4 is 40.6 Å². The summed E-state index contributed by atoms with van der Waals surface area (Å²) in [6, 6.07) is 8.18. The van der Waals surface area contributed by atoms with E-state index < -0.39 is 16.8 Å². The van der Waals surface area contributed by atoms with Crippen molar-refractivity contribution in [3.63, 3.8) is 0 Å². The summed E-state index contributed by atoms with van der Waals surface area (Å²) in [4.78, 5) is 33.7. The average molecular weight is 389 g/mol. The summed E-state index contributed by atoms with van der Waals surface area (Å²) < 4.78 is 4.89. The van der Waals surface area contributed by atoms with Gasteiger partial charge in [-0.1, -0.05) is 6.07 Å². The van der Waals surface area contributed by atoms with Crippen LogP contribution in [0.15, 0.2) is 36.4 Å². The number of hydrogen-bond acceptors (Lipinski definition) is 6. The number of aryl methyl sites for hydroxylation is 1. The molecule has 0 heterocycles. The fraction of sp³-hybridized carbons (Fsp3) is 0.118. The number of ether oxygens (including phenoxy) is 1. The molecule has 9 nitrogen and oxygen atoms in total. The van der Waals surface area contributed by atoms with E-state index in [-0.39, 0.29) is 27.7 Å². The average Bonchev–Trinajstić information content (AvgIpc) is 2.62. The fourth-order valence-corrected chi connectivity index (χ4v) is 2.40.